The van der Waals surface area contributed by atoms with Crippen LogP contribution in [0.3, 0.4) is 0 Å². The molecule has 0 unspecified atom stereocenters. The molecule has 0 radical (unpaired) electrons. The minimum atomic E-state index is -2.44. The molecule has 0 bridgehead atoms. The second-order valence-corrected chi connectivity index (χ2v) is 15.1. The Hall–Kier alpha value is -1.66. The molecule has 2 nitrogen and oxygen atoms in total. The van der Waals surface area contributed by atoms with Crippen molar-refractivity contribution < 1.29 is 9.53 Å². The van der Waals surface area contributed by atoms with Gasteiger partial charge in [-0.3, -0.25) is 0 Å². The maximum atomic E-state index is 12.3. The van der Waals surface area contributed by atoms with Crippen LogP contribution in [0.2, 0.25) is 0 Å². The number of ether oxygens (including phenoxy) is 1. The van der Waals surface area contributed by atoms with E-state index in [-0.39, 0.29) is 11.4 Å². The molecule has 0 atom stereocenters. The quantitative estimate of drug-likeness (QED) is 0.564. The molecule has 0 heterocycles. The molecule has 136 valence electrons. The van der Waals surface area contributed by atoms with Gasteiger partial charge in [0.25, 0.3) is 0 Å². The first-order valence-corrected chi connectivity index (χ1v) is 12.2. The molecule has 0 N–H and O–H groups in total. The normalized spacial score (nSPS) is 13.7. The van der Waals surface area contributed by atoms with Crippen LogP contribution in [-0.4, -0.2) is 32.1 Å². The van der Waals surface area contributed by atoms with Crippen molar-refractivity contribution in [1.82, 2.24) is 0 Å². The summed E-state index contributed by atoms with van der Waals surface area (Å²) >= 11 is 0. The Morgan fingerprint density at radius 2 is 1.32 bits per heavy atom. The fourth-order valence-corrected chi connectivity index (χ4v) is 6.94. The predicted octanol–water partition coefficient (Wildman–Crippen LogP) is 4.43. The Morgan fingerprint density at radius 3 is 1.72 bits per heavy atom. The molecule has 2 aromatic rings. The third-order valence-corrected chi connectivity index (χ3v) is 10.3. The van der Waals surface area contributed by atoms with Crippen LogP contribution in [0.4, 0.5) is 0 Å². The topological polar surface area (TPSA) is 26.3 Å². The van der Waals surface area contributed by atoms with Gasteiger partial charge >= 0.3 is 152 Å². The second kappa shape index (κ2) is 7.30. The van der Waals surface area contributed by atoms with Gasteiger partial charge in [-0.1, -0.05) is 0 Å². The number of carbonyl (C=O) groups excluding carboxylic acids is 1. The molecular formula is C22H31O2P. The van der Waals surface area contributed by atoms with Gasteiger partial charge in [-0.05, 0) is 0 Å². The molecular weight excluding hydrogens is 327 g/mol. The van der Waals surface area contributed by atoms with Crippen molar-refractivity contribution in [3.05, 3.63) is 60.7 Å². The second-order valence-electron chi connectivity index (χ2n) is 8.77. The van der Waals surface area contributed by atoms with E-state index in [1.54, 1.807) is 0 Å². The maximum absolute atomic E-state index is 12.3. The first-order valence-electron chi connectivity index (χ1n) is 8.88. The van der Waals surface area contributed by atoms with Crippen molar-refractivity contribution >= 4 is 23.2 Å². The monoisotopic (exact) mass is 358 g/mol. The summed E-state index contributed by atoms with van der Waals surface area (Å²) in [4.78, 5) is 12.3. The summed E-state index contributed by atoms with van der Waals surface area (Å²) in [6.07, 6.45) is 1.27. The zero-order valence-corrected chi connectivity index (χ0v) is 17.1. The van der Waals surface area contributed by atoms with Crippen LogP contribution in [0.5, 0.6) is 0 Å². The summed E-state index contributed by atoms with van der Waals surface area (Å²) in [6, 6.07) is 21.2. The summed E-state index contributed by atoms with van der Waals surface area (Å²) < 4.78 is 5.50. The van der Waals surface area contributed by atoms with Gasteiger partial charge < -0.3 is 0 Å². The van der Waals surface area contributed by atoms with Crippen LogP contribution in [0.25, 0.3) is 0 Å². The van der Waals surface area contributed by atoms with E-state index in [1.165, 1.54) is 10.6 Å². The van der Waals surface area contributed by atoms with Crippen molar-refractivity contribution in [1.29, 1.82) is 0 Å². The van der Waals surface area contributed by atoms with E-state index < -0.39 is 6.60 Å². The summed E-state index contributed by atoms with van der Waals surface area (Å²) in [6.45, 7) is 8.97. The van der Waals surface area contributed by atoms with Crippen LogP contribution in [-0.2, 0) is 9.53 Å². The van der Waals surface area contributed by atoms with Crippen molar-refractivity contribution in [3.63, 3.8) is 0 Å². The van der Waals surface area contributed by atoms with Crippen LogP contribution < -0.4 is 10.6 Å². The van der Waals surface area contributed by atoms with Gasteiger partial charge in [0.05, 0.1) is 0 Å². The van der Waals surface area contributed by atoms with E-state index in [2.05, 4.69) is 82.6 Å². The van der Waals surface area contributed by atoms with Crippen molar-refractivity contribution in [2.45, 2.75) is 27.2 Å². The standard InChI is InChI=1S/C22H31O2P/c1-22(2,3)18-24-21(23)16-17-25(4,5,19-12-8-6-9-13-19)20-14-10-7-11-15-20/h6-15H,16-18H2,1-5H3. The van der Waals surface area contributed by atoms with Crippen LogP contribution in [0.1, 0.15) is 27.2 Å². The van der Waals surface area contributed by atoms with E-state index in [4.69, 9.17) is 4.74 Å². The predicted molar refractivity (Wildman–Crippen MR) is 111 cm³/mol. The first-order chi connectivity index (χ1) is 11.6. The zero-order chi connectivity index (χ0) is 18.6. The van der Waals surface area contributed by atoms with Crippen molar-refractivity contribution in [3.8, 4) is 0 Å². The fourth-order valence-electron chi connectivity index (χ4n) is 3.02. The molecule has 0 aliphatic carbocycles. The summed E-state index contributed by atoms with van der Waals surface area (Å²) in [7, 11) is 0. The van der Waals surface area contributed by atoms with Gasteiger partial charge in [-0.15, -0.1) is 0 Å². The van der Waals surface area contributed by atoms with Gasteiger partial charge in [0, 0.05) is 0 Å². The van der Waals surface area contributed by atoms with E-state index in [0.717, 1.165) is 6.16 Å². The molecule has 0 aliphatic rings. The van der Waals surface area contributed by atoms with Crippen molar-refractivity contribution in [2.75, 3.05) is 26.1 Å². The molecule has 0 fully saturated rings. The number of rotatable bonds is 6. The summed E-state index contributed by atoms with van der Waals surface area (Å²) in [5, 5.41) is 2.67. The molecule has 0 aliphatic heterocycles. The van der Waals surface area contributed by atoms with Crippen LogP contribution in [0.15, 0.2) is 60.7 Å². The van der Waals surface area contributed by atoms with E-state index >= 15 is 0 Å². The number of esters is 1. The van der Waals surface area contributed by atoms with E-state index in [0.29, 0.717) is 13.0 Å². The van der Waals surface area contributed by atoms with Crippen LogP contribution in [0, 0.1) is 5.41 Å². The van der Waals surface area contributed by atoms with Crippen molar-refractivity contribution in [2.24, 2.45) is 5.41 Å². The third-order valence-electron chi connectivity index (χ3n) is 4.82. The number of benzene rings is 2. The molecule has 0 spiro atoms. The SMILES string of the molecule is CC(C)(C)COC(=O)CCP(C)(C)(c1ccccc1)c1ccccc1. The van der Waals surface area contributed by atoms with E-state index in [1.807, 2.05) is 12.1 Å². The molecule has 0 saturated carbocycles. The molecule has 0 saturated heterocycles. The Bertz CT molecular complexity index is 656. The Morgan fingerprint density at radius 1 is 0.880 bits per heavy atom. The summed E-state index contributed by atoms with van der Waals surface area (Å²) in [5.41, 5.74) is -0.00152. The first kappa shape index (κ1) is 19.7. The molecule has 0 amide bonds. The fraction of sp³-hybridized carbons (Fsp3) is 0.409. The van der Waals surface area contributed by atoms with Gasteiger partial charge in [-0.2, -0.15) is 0 Å². The number of hydrogen-bond donors (Lipinski definition) is 0. The average Bonchev–Trinajstić information content (AvgIpc) is 2.59. The molecule has 25 heavy (non-hydrogen) atoms. The Labute approximate surface area is 152 Å². The average molecular weight is 358 g/mol. The van der Waals surface area contributed by atoms with Crippen LogP contribution >= 0.6 is 6.60 Å². The molecule has 2 rings (SSSR count). The minimum absolute atomic E-state index is 0.00152. The van der Waals surface area contributed by atoms with Gasteiger partial charge in [0.1, 0.15) is 0 Å². The molecule has 0 aromatic heterocycles. The molecule has 3 heteroatoms. The Balaban J connectivity index is 2.27. The number of carbonyl (C=O) groups is 1. The summed E-state index contributed by atoms with van der Waals surface area (Å²) in [5.74, 6) is -0.0977. The molecule has 2 aromatic carbocycles. The van der Waals surface area contributed by atoms with Gasteiger partial charge in [-0.25, -0.2) is 0 Å². The van der Waals surface area contributed by atoms with E-state index in [9.17, 15) is 4.79 Å². The van der Waals surface area contributed by atoms with Gasteiger partial charge in [0.2, 0.25) is 0 Å². The number of hydrogen-bond acceptors (Lipinski definition) is 2. The Kier molecular flexibility index (Phi) is 5.74. The third kappa shape index (κ3) is 4.92. The van der Waals surface area contributed by atoms with Gasteiger partial charge in [0.15, 0.2) is 0 Å². The zero-order valence-electron chi connectivity index (χ0n) is 16.2.